The lowest BCUT2D eigenvalue weighted by Crippen LogP contribution is -2.32. The summed E-state index contributed by atoms with van der Waals surface area (Å²) in [7, 11) is 0. The zero-order valence-electron chi connectivity index (χ0n) is 15.1. The molecular formula is C21H20ClN3OS. The minimum atomic E-state index is -0.0771. The quantitative estimate of drug-likeness (QED) is 0.621. The average molecular weight is 398 g/mol. The second-order valence-electron chi connectivity index (χ2n) is 6.52. The number of aromatic nitrogens is 2. The molecule has 1 aromatic heterocycles. The summed E-state index contributed by atoms with van der Waals surface area (Å²) in [6.45, 7) is 3.07. The van der Waals surface area contributed by atoms with Gasteiger partial charge in [-0.2, -0.15) is 5.10 Å². The smallest absolute Gasteiger partial charge is 0.263 e. The Morgan fingerprint density at radius 3 is 2.70 bits per heavy atom. The van der Waals surface area contributed by atoms with Crippen LogP contribution in [-0.4, -0.2) is 28.0 Å². The summed E-state index contributed by atoms with van der Waals surface area (Å²) in [4.78, 5) is 16.4. The van der Waals surface area contributed by atoms with Crippen molar-refractivity contribution in [2.75, 3.05) is 17.2 Å². The van der Waals surface area contributed by atoms with Gasteiger partial charge in [0.15, 0.2) is 0 Å². The highest BCUT2D eigenvalue weighted by molar-refractivity contribution is 7.99. The zero-order valence-corrected chi connectivity index (χ0v) is 16.6. The molecule has 3 aromatic rings. The number of thioether (sulfide) groups is 1. The molecule has 0 fully saturated rings. The molecular weight excluding hydrogens is 378 g/mol. The fourth-order valence-corrected chi connectivity index (χ4v) is 4.64. The van der Waals surface area contributed by atoms with E-state index in [1.165, 1.54) is 0 Å². The Kier molecular flexibility index (Phi) is 5.23. The fourth-order valence-electron chi connectivity index (χ4n) is 3.33. The third-order valence-electron chi connectivity index (χ3n) is 4.64. The maximum Gasteiger partial charge on any atom is 0.263 e. The van der Waals surface area contributed by atoms with Gasteiger partial charge in [-0.3, -0.25) is 4.79 Å². The normalized spacial score (nSPS) is 13.9. The maximum absolute atomic E-state index is 13.4. The molecule has 4 nitrogen and oxygen atoms in total. The predicted molar refractivity (Wildman–Crippen MR) is 111 cm³/mol. The molecule has 0 bridgehead atoms. The molecule has 1 amide bonds. The van der Waals surface area contributed by atoms with Crippen LogP contribution in [-0.2, 0) is 6.54 Å². The van der Waals surface area contributed by atoms with E-state index in [1.807, 2.05) is 60.4 Å². The Labute approximate surface area is 168 Å². The van der Waals surface area contributed by atoms with Crippen molar-refractivity contribution >= 4 is 35.0 Å². The van der Waals surface area contributed by atoms with Crippen molar-refractivity contribution in [2.45, 2.75) is 24.8 Å². The Bertz CT molecular complexity index is 971. The summed E-state index contributed by atoms with van der Waals surface area (Å²) in [6, 6.07) is 18.0. The first-order valence-corrected chi connectivity index (χ1v) is 10.3. The molecule has 0 aliphatic carbocycles. The van der Waals surface area contributed by atoms with E-state index in [-0.39, 0.29) is 5.91 Å². The summed E-state index contributed by atoms with van der Waals surface area (Å²) >= 11 is 8.40. The van der Waals surface area contributed by atoms with Crippen molar-refractivity contribution in [3.05, 3.63) is 76.6 Å². The van der Waals surface area contributed by atoms with Gasteiger partial charge in [0.2, 0.25) is 0 Å². The molecule has 138 valence electrons. The highest BCUT2D eigenvalue weighted by Crippen LogP contribution is 2.35. The molecule has 4 rings (SSSR count). The molecule has 0 N–H and O–H groups in total. The van der Waals surface area contributed by atoms with Crippen molar-refractivity contribution in [3.8, 4) is 0 Å². The Balaban J connectivity index is 1.68. The van der Waals surface area contributed by atoms with Crippen LogP contribution >= 0.6 is 23.4 Å². The van der Waals surface area contributed by atoms with Crippen LogP contribution in [0.3, 0.4) is 0 Å². The largest absolute Gasteiger partial charge is 0.307 e. The van der Waals surface area contributed by atoms with Crippen LogP contribution in [0.4, 0.5) is 5.69 Å². The number of rotatable bonds is 3. The number of amides is 1. The van der Waals surface area contributed by atoms with Gasteiger partial charge in [-0.1, -0.05) is 54.1 Å². The Hall–Kier alpha value is -2.24. The van der Waals surface area contributed by atoms with E-state index in [9.17, 15) is 4.79 Å². The fraction of sp³-hybridized carbons (Fsp3) is 0.238. The minimum Gasteiger partial charge on any atom is -0.307 e. The van der Waals surface area contributed by atoms with Gasteiger partial charge in [-0.25, -0.2) is 4.68 Å². The molecule has 1 aliphatic rings. The van der Waals surface area contributed by atoms with Gasteiger partial charge < -0.3 is 4.90 Å². The van der Waals surface area contributed by atoms with E-state index in [4.69, 9.17) is 11.6 Å². The molecule has 0 spiro atoms. The maximum atomic E-state index is 13.4. The molecule has 6 heteroatoms. The minimum absolute atomic E-state index is 0.0771. The van der Waals surface area contributed by atoms with Crippen molar-refractivity contribution in [1.29, 1.82) is 0 Å². The number of hydrogen-bond donors (Lipinski definition) is 0. The standard InChI is InChI=1S/C21H20ClN3OS/c1-15-19(20(22)25(23-15)14-16-8-3-2-4-9-16)21(26)24-12-7-13-27-18-11-6-5-10-17(18)24/h2-6,8-11H,7,12-14H2,1H3. The molecule has 1 aliphatic heterocycles. The highest BCUT2D eigenvalue weighted by atomic mass is 35.5. The first kappa shape index (κ1) is 18.1. The Morgan fingerprint density at radius 2 is 1.89 bits per heavy atom. The zero-order chi connectivity index (χ0) is 18.8. The van der Waals surface area contributed by atoms with Gasteiger partial charge in [-0.05, 0) is 36.8 Å². The summed E-state index contributed by atoms with van der Waals surface area (Å²) in [5.74, 6) is 0.924. The lowest BCUT2D eigenvalue weighted by Gasteiger charge is -2.22. The Morgan fingerprint density at radius 1 is 1.15 bits per heavy atom. The lowest BCUT2D eigenvalue weighted by atomic mass is 10.2. The number of halogens is 1. The number of benzene rings is 2. The number of nitrogens with zero attached hydrogens (tertiary/aromatic N) is 3. The second-order valence-corrected chi connectivity index (χ2v) is 8.02. The third-order valence-corrected chi connectivity index (χ3v) is 6.17. The number of carbonyl (C=O) groups is 1. The summed E-state index contributed by atoms with van der Waals surface area (Å²) in [6.07, 6.45) is 0.944. The van der Waals surface area contributed by atoms with Crippen LogP contribution in [0.1, 0.15) is 28.0 Å². The van der Waals surface area contributed by atoms with Crippen LogP contribution in [0.5, 0.6) is 0 Å². The third kappa shape index (κ3) is 3.62. The van der Waals surface area contributed by atoms with Gasteiger partial charge in [0.05, 0.1) is 23.5 Å². The van der Waals surface area contributed by atoms with Gasteiger partial charge in [-0.15, -0.1) is 11.8 Å². The van der Waals surface area contributed by atoms with Gasteiger partial charge in [0.1, 0.15) is 5.15 Å². The SMILES string of the molecule is Cc1nn(Cc2ccccc2)c(Cl)c1C(=O)N1CCCSc2ccccc21. The summed E-state index contributed by atoms with van der Waals surface area (Å²) in [5.41, 5.74) is 3.21. The predicted octanol–water partition coefficient (Wildman–Crippen LogP) is 5.04. The average Bonchev–Trinajstić information content (AvgIpc) is 2.85. The molecule has 0 atom stereocenters. The molecule has 0 saturated heterocycles. The van der Waals surface area contributed by atoms with Crippen molar-refractivity contribution < 1.29 is 4.79 Å². The molecule has 0 saturated carbocycles. The number of aryl methyl sites for hydroxylation is 1. The monoisotopic (exact) mass is 397 g/mol. The van der Waals surface area contributed by atoms with Gasteiger partial charge in [0.25, 0.3) is 5.91 Å². The number of anilines is 1. The second kappa shape index (κ2) is 7.79. The number of para-hydroxylation sites is 1. The van der Waals surface area contributed by atoms with E-state index in [0.29, 0.717) is 29.5 Å². The molecule has 0 radical (unpaired) electrons. The van der Waals surface area contributed by atoms with E-state index >= 15 is 0 Å². The first-order chi connectivity index (χ1) is 13.1. The van der Waals surface area contributed by atoms with Crippen LogP contribution in [0, 0.1) is 6.92 Å². The van der Waals surface area contributed by atoms with E-state index in [0.717, 1.165) is 28.3 Å². The van der Waals surface area contributed by atoms with Crippen molar-refractivity contribution in [2.24, 2.45) is 0 Å². The summed E-state index contributed by atoms with van der Waals surface area (Å²) < 4.78 is 1.71. The van der Waals surface area contributed by atoms with Gasteiger partial charge in [0, 0.05) is 11.4 Å². The molecule has 2 aromatic carbocycles. The van der Waals surface area contributed by atoms with Crippen molar-refractivity contribution in [1.82, 2.24) is 9.78 Å². The topological polar surface area (TPSA) is 38.1 Å². The van der Waals surface area contributed by atoms with Crippen LogP contribution in [0.15, 0.2) is 59.5 Å². The first-order valence-electron chi connectivity index (χ1n) is 8.95. The lowest BCUT2D eigenvalue weighted by molar-refractivity contribution is 0.0986. The van der Waals surface area contributed by atoms with Crippen LogP contribution in [0.2, 0.25) is 5.15 Å². The number of fused-ring (bicyclic) bond motifs is 1. The summed E-state index contributed by atoms with van der Waals surface area (Å²) in [5, 5.41) is 4.93. The van der Waals surface area contributed by atoms with E-state index < -0.39 is 0 Å². The van der Waals surface area contributed by atoms with E-state index in [1.54, 1.807) is 16.4 Å². The van der Waals surface area contributed by atoms with Crippen molar-refractivity contribution in [3.63, 3.8) is 0 Å². The molecule has 27 heavy (non-hydrogen) atoms. The van der Waals surface area contributed by atoms with Crippen LogP contribution < -0.4 is 4.90 Å². The van der Waals surface area contributed by atoms with Crippen LogP contribution in [0.25, 0.3) is 0 Å². The number of hydrogen-bond acceptors (Lipinski definition) is 3. The number of carbonyl (C=O) groups excluding carboxylic acids is 1. The molecule has 2 heterocycles. The van der Waals surface area contributed by atoms with E-state index in [2.05, 4.69) is 11.2 Å². The van der Waals surface area contributed by atoms with Gasteiger partial charge >= 0.3 is 0 Å². The highest BCUT2D eigenvalue weighted by Gasteiger charge is 2.28. The molecule has 0 unspecified atom stereocenters.